The van der Waals surface area contributed by atoms with Gasteiger partial charge in [-0.1, -0.05) is 13.8 Å². The third-order valence-corrected chi connectivity index (χ3v) is 1.66. The van der Waals surface area contributed by atoms with E-state index in [9.17, 15) is 0 Å². The van der Waals surface area contributed by atoms with Crippen molar-refractivity contribution < 1.29 is 14.6 Å². The molecule has 0 aliphatic carbocycles. The summed E-state index contributed by atoms with van der Waals surface area (Å²) < 4.78 is 10.3. The van der Waals surface area contributed by atoms with Gasteiger partial charge < -0.3 is 20.3 Å². The maximum Gasteiger partial charge on any atom is 0.0978 e. The van der Waals surface area contributed by atoms with Crippen molar-refractivity contribution >= 4 is 0 Å². The molecule has 2 atom stereocenters. The lowest BCUT2D eigenvalue weighted by molar-refractivity contribution is -0.0275. The second-order valence-electron chi connectivity index (χ2n) is 3.57. The molecule has 3 N–H and O–H groups in total. The Labute approximate surface area is 80.0 Å². The Morgan fingerprint density at radius 3 is 2.31 bits per heavy atom. The van der Waals surface area contributed by atoms with Gasteiger partial charge in [-0.3, -0.25) is 0 Å². The van der Waals surface area contributed by atoms with Gasteiger partial charge in [0, 0.05) is 13.7 Å². The van der Waals surface area contributed by atoms with Gasteiger partial charge in [-0.2, -0.15) is 0 Å². The molecule has 80 valence electrons. The SMILES string of the molecule is COCC(N)C(CO)OCC(C)C. The third kappa shape index (κ3) is 5.99. The highest BCUT2D eigenvalue weighted by molar-refractivity contribution is 4.72. The summed E-state index contributed by atoms with van der Waals surface area (Å²) in [6.07, 6.45) is -0.317. The van der Waals surface area contributed by atoms with Crippen molar-refractivity contribution in [3.05, 3.63) is 0 Å². The Morgan fingerprint density at radius 1 is 1.31 bits per heavy atom. The van der Waals surface area contributed by atoms with Crippen LogP contribution in [0.2, 0.25) is 0 Å². The minimum Gasteiger partial charge on any atom is -0.394 e. The summed E-state index contributed by atoms with van der Waals surface area (Å²) in [5, 5.41) is 8.98. The first-order valence-corrected chi connectivity index (χ1v) is 4.58. The summed E-state index contributed by atoms with van der Waals surface area (Å²) in [4.78, 5) is 0. The van der Waals surface area contributed by atoms with Crippen molar-refractivity contribution in [2.45, 2.75) is 26.0 Å². The second kappa shape index (κ2) is 7.26. The molecule has 2 unspecified atom stereocenters. The average Bonchev–Trinajstić information content (AvgIpc) is 2.05. The highest BCUT2D eigenvalue weighted by atomic mass is 16.5. The predicted molar refractivity (Wildman–Crippen MR) is 51.5 cm³/mol. The lowest BCUT2D eigenvalue weighted by atomic mass is 10.2. The van der Waals surface area contributed by atoms with Crippen molar-refractivity contribution in [2.24, 2.45) is 11.7 Å². The van der Waals surface area contributed by atoms with Gasteiger partial charge in [0.15, 0.2) is 0 Å². The summed E-state index contributed by atoms with van der Waals surface area (Å²) in [5.74, 6) is 0.448. The van der Waals surface area contributed by atoms with E-state index < -0.39 is 0 Å². The van der Waals surface area contributed by atoms with Crippen LogP contribution in [0.15, 0.2) is 0 Å². The average molecular weight is 191 g/mol. The van der Waals surface area contributed by atoms with Gasteiger partial charge in [0.25, 0.3) is 0 Å². The topological polar surface area (TPSA) is 64.7 Å². The summed E-state index contributed by atoms with van der Waals surface area (Å²) in [7, 11) is 1.58. The fourth-order valence-electron chi connectivity index (χ4n) is 0.928. The second-order valence-corrected chi connectivity index (χ2v) is 3.57. The van der Waals surface area contributed by atoms with Crippen LogP contribution in [-0.2, 0) is 9.47 Å². The minimum atomic E-state index is -0.317. The molecule has 0 aromatic rings. The number of methoxy groups -OCH3 is 1. The molecule has 4 heteroatoms. The lowest BCUT2D eigenvalue weighted by Crippen LogP contribution is -2.43. The number of nitrogens with two attached hydrogens (primary N) is 1. The maximum atomic E-state index is 8.98. The maximum absolute atomic E-state index is 8.98. The zero-order valence-electron chi connectivity index (χ0n) is 8.69. The van der Waals surface area contributed by atoms with E-state index in [0.29, 0.717) is 19.1 Å². The van der Waals surface area contributed by atoms with Crippen LogP contribution >= 0.6 is 0 Å². The number of ether oxygens (including phenoxy) is 2. The van der Waals surface area contributed by atoms with Crippen molar-refractivity contribution in [3.63, 3.8) is 0 Å². The fraction of sp³-hybridized carbons (Fsp3) is 1.00. The molecule has 0 saturated heterocycles. The van der Waals surface area contributed by atoms with Gasteiger partial charge in [-0.05, 0) is 5.92 Å². The van der Waals surface area contributed by atoms with Crippen molar-refractivity contribution in [3.8, 4) is 0 Å². The molecule has 0 heterocycles. The van der Waals surface area contributed by atoms with Crippen molar-refractivity contribution in [2.75, 3.05) is 26.9 Å². The Kier molecular flexibility index (Phi) is 7.17. The van der Waals surface area contributed by atoms with Crippen LogP contribution in [0.25, 0.3) is 0 Å². The van der Waals surface area contributed by atoms with Gasteiger partial charge in [-0.15, -0.1) is 0 Å². The Balaban J connectivity index is 3.73. The standard InChI is InChI=1S/C9H21NO3/c1-7(2)5-13-9(4-11)8(10)6-12-3/h7-9,11H,4-6,10H2,1-3H3. The smallest absolute Gasteiger partial charge is 0.0978 e. The Hall–Kier alpha value is -0.160. The van der Waals surface area contributed by atoms with E-state index in [-0.39, 0.29) is 18.8 Å². The molecule has 0 amide bonds. The molecule has 0 fully saturated rings. The Morgan fingerprint density at radius 2 is 1.92 bits per heavy atom. The van der Waals surface area contributed by atoms with E-state index in [1.54, 1.807) is 7.11 Å². The molecule has 0 saturated carbocycles. The van der Waals surface area contributed by atoms with E-state index in [0.717, 1.165) is 0 Å². The molecular formula is C9H21NO3. The first-order chi connectivity index (χ1) is 6.11. The first kappa shape index (κ1) is 12.8. The number of hydrogen-bond donors (Lipinski definition) is 2. The number of hydrogen-bond acceptors (Lipinski definition) is 4. The normalized spacial score (nSPS) is 16.2. The van der Waals surface area contributed by atoms with Gasteiger partial charge in [0.2, 0.25) is 0 Å². The zero-order chi connectivity index (χ0) is 10.3. The molecule has 0 aliphatic rings. The van der Waals surface area contributed by atoms with Crippen LogP contribution in [0.1, 0.15) is 13.8 Å². The summed E-state index contributed by atoms with van der Waals surface area (Å²) in [6.45, 7) is 5.07. The van der Waals surface area contributed by atoms with E-state index in [4.69, 9.17) is 20.3 Å². The summed E-state index contributed by atoms with van der Waals surface area (Å²) in [5.41, 5.74) is 5.72. The van der Waals surface area contributed by atoms with E-state index in [1.807, 2.05) is 0 Å². The fourth-order valence-corrected chi connectivity index (χ4v) is 0.928. The highest BCUT2D eigenvalue weighted by Gasteiger charge is 2.17. The molecule has 0 aromatic carbocycles. The lowest BCUT2D eigenvalue weighted by Gasteiger charge is -2.22. The summed E-state index contributed by atoms with van der Waals surface area (Å²) in [6, 6.07) is -0.256. The van der Waals surface area contributed by atoms with E-state index in [1.165, 1.54) is 0 Å². The summed E-state index contributed by atoms with van der Waals surface area (Å²) >= 11 is 0. The molecular weight excluding hydrogens is 170 g/mol. The van der Waals surface area contributed by atoms with Gasteiger partial charge in [0.1, 0.15) is 0 Å². The molecule has 0 spiro atoms. The first-order valence-electron chi connectivity index (χ1n) is 4.58. The monoisotopic (exact) mass is 191 g/mol. The van der Waals surface area contributed by atoms with Crippen LogP contribution in [0.5, 0.6) is 0 Å². The molecule has 0 rings (SSSR count). The Bertz CT molecular complexity index is 119. The van der Waals surface area contributed by atoms with Crippen molar-refractivity contribution in [1.82, 2.24) is 0 Å². The van der Waals surface area contributed by atoms with Gasteiger partial charge >= 0.3 is 0 Å². The van der Waals surface area contributed by atoms with Gasteiger partial charge in [0.05, 0.1) is 25.4 Å². The van der Waals surface area contributed by atoms with Crippen LogP contribution in [0.4, 0.5) is 0 Å². The van der Waals surface area contributed by atoms with E-state index in [2.05, 4.69) is 13.8 Å². The highest BCUT2D eigenvalue weighted by Crippen LogP contribution is 2.01. The van der Waals surface area contributed by atoms with Crippen molar-refractivity contribution in [1.29, 1.82) is 0 Å². The molecule has 0 aromatic heterocycles. The van der Waals surface area contributed by atoms with Crippen LogP contribution in [0, 0.1) is 5.92 Å². The van der Waals surface area contributed by atoms with Crippen LogP contribution in [-0.4, -0.2) is 44.2 Å². The zero-order valence-corrected chi connectivity index (χ0v) is 8.69. The van der Waals surface area contributed by atoms with Crippen LogP contribution in [0.3, 0.4) is 0 Å². The number of aliphatic hydroxyl groups excluding tert-OH is 1. The molecule has 4 nitrogen and oxygen atoms in total. The molecule has 0 aliphatic heterocycles. The number of aliphatic hydroxyl groups is 1. The molecule has 13 heavy (non-hydrogen) atoms. The van der Waals surface area contributed by atoms with Gasteiger partial charge in [-0.25, -0.2) is 0 Å². The third-order valence-electron chi connectivity index (χ3n) is 1.66. The van der Waals surface area contributed by atoms with E-state index >= 15 is 0 Å². The van der Waals surface area contributed by atoms with Crippen LogP contribution < -0.4 is 5.73 Å². The largest absolute Gasteiger partial charge is 0.394 e. The molecule has 0 radical (unpaired) electrons. The minimum absolute atomic E-state index is 0.0583. The quantitative estimate of drug-likeness (QED) is 0.594. The predicted octanol–water partition coefficient (Wildman–Crippen LogP) is -0.00640. The number of rotatable bonds is 7. The molecule has 0 bridgehead atoms.